The van der Waals surface area contributed by atoms with Crippen molar-refractivity contribution in [3.8, 4) is 39.1 Å². The largest absolute Gasteiger partial charge is 0.417 e. The molecule has 0 bridgehead atoms. The van der Waals surface area contributed by atoms with Gasteiger partial charge in [0.2, 0.25) is 0 Å². The quantitative estimate of drug-likeness (QED) is 0.130. The molecule has 8 aromatic rings. The SMILES string of the molecule is O=C1c2cccc(-n3c4ccccc4c4ccc(-c5ccc(C(F)(F)F)cc5C(F)(F)F)cc43)c2C(=O)N1c1cc(-c2ccccc2)cc(-c2ccccc2)c1. The molecule has 1 aromatic heterocycles. The third-order valence-electron chi connectivity index (χ3n) is 10.2. The van der Waals surface area contributed by atoms with Crippen molar-refractivity contribution in [3.05, 3.63) is 180 Å². The van der Waals surface area contributed by atoms with Crippen LogP contribution in [0.1, 0.15) is 31.8 Å². The summed E-state index contributed by atoms with van der Waals surface area (Å²) in [5.74, 6) is -1.13. The van der Waals surface area contributed by atoms with Crippen molar-refractivity contribution in [2.75, 3.05) is 4.90 Å². The van der Waals surface area contributed by atoms with Crippen LogP contribution in [0.25, 0.3) is 60.9 Å². The maximum absolute atomic E-state index is 14.7. The molecule has 9 rings (SSSR count). The molecule has 2 amide bonds. The number of anilines is 1. The van der Waals surface area contributed by atoms with Gasteiger partial charge in [0.25, 0.3) is 11.8 Å². The molecule has 7 aromatic carbocycles. The number of hydrogen-bond acceptors (Lipinski definition) is 2. The maximum atomic E-state index is 14.7. The van der Waals surface area contributed by atoms with Crippen LogP contribution in [-0.4, -0.2) is 16.4 Å². The zero-order chi connectivity index (χ0) is 38.9. The fraction of sp³-hybridized carbons (Fsp3) is 0.0435. The summed E-state index contributed by atoms with van der Waals surface area (Å²) in [6.45, 7) is 0. The Balaban J connectivity index is 1.23. The van der Waals surface area contributed by atoms with E-state index in [2.05, 4.69) is 0 Å². The fourth-order valence-electron chi connectivity index (χ4n) is 7.63. The Labute approximate surface area is 315 Å². The van der Waals surface area contributed by atoms with Crippen LogP contribution in [0.5, 0.6) is 0 Å². The fourth-order valence-corrected chi connectivity index (χ4v) is 7.63. The van der Waals surface area contributed by atoms with E-state index in [-0.39, 0.29) is 22.8 Å². The molecule has 56 heavy (non-hydrogen) atoms. The molecule has 10 heteroatoms. The van der Waals surface area contributed by atoms with E-state index in [4.69, 9.17) is 0 Å². The van der Waals surface area contributed by atoms with Crippen LogP contribution < -0.4 is 4.90 Å². The van der Waals surface area contributed by atoms with Gasteiger partial charge >= 0.3 is 12.4 Å². The molecule has 1 aliphatic heterocycles. The minimum absolute atomic E-state index is 0.0189. The number of imide groups is 1. The van der Waals surface area contributed by atoms with E-state index in [9.17, 15) is 35.9 Å². The Bertz CT molecular complexity index is 2820. The third-order valence-corrected chi connectivity index (χ3v) is 10.2. The van der Waals surface area contributed by atoms with Gasteiger partial charge in [-0.1, -0.05) is 103 Å². The number of fused-ring (bicyclic) bond motifs is 4. The molecule has 0 saturated carbocycles. The topological polar surface area (TPSA) is 42.3 Å². The number of benzene rings is 7. The van der Waals surface area contributed by atoms with Crippen LogP contribution >= 0.6 is 0 Å². The monoisotopic (exact) mass is 752 g/mol. The molecule has 0 spiro atoms. The van der Waals surface area contributed by atoms with Gasteiger partial charge in [-0.05, 0) is 88.0 Å². The van der Waals surface area contributed by atoms with Crippen molar-refractivity contribution in [3.63, 3.8) is 0 Å². The van der Waals surface area contributed by atoms with Gasteiger partial charge in [-0.2, -0.15) is 26.3 Å². The van der Waals surface area contributed by atoms with E-state index in [1.807, 2.05) is 72.8 Å². The molecule has 0 aliphatic carbocycles. The van der Waals surface area contributed by atoms with Gasteiger partial charge in [-0.15, -0.1) is 0 Å². The first-order valence-electron chi connectivity index (χ1n) is 17.5. The summed E-state index contributed by atoms with van der Waals surface area (Å²) in [6, 6.07) is 42.9. The van der Waals surface area contributed by atoms with Crippen molar-refractivity contribution in [2.24, 2.45) is 0 Å². The number of halogens is 6. The summed E-state index contributed by atoms with van der Waals surface area (Å²) < 4.78 is 85.3. The number of hydrogen-bond donors (Lipinski definition) is 0. The molecule has 0 radical (unpaired) electrons. The lowest BCUT2D eigenvalue weighted by molar-refractivity contribution is -0.142. The summed E-state index contributed by atoms with van der Waals surface area (Å²) in [6.07, 6.45) is -10.1. The van der Waals surface area contributed by atoms with Gasteiger partial charge in [0.15, 0.2) is 0 Å². The molecular weight excluding hydrogens is 727 g/mol. The minimum Gasteiger partial charge on any atom is -0.308 e. The Morgan fingerprint density at radius 3 is 1.70 bits per heavy atom. The number of alkyl halides is 6. The molecule has 274 valence electrons. The van der Waals surface area contributed by atoms with Gasteiger partial charge in [0, 0.05) is 10.8 Å². The third kappa shape index (κ3) is 5.72. The highest BCUT2D eigenvalue weighted by Gasteiger charge is 2.41. The van der Waals surface area contributed by atoms with E-state index in [0.29, 0.717) is 39.2 Å². The number of aromatic nitrogens is 1. The normalized spacial score (nSPS) is 13.2. The summed E-state index contributed by atoms with van der Waals surface area (Å²) in [5.41, 5.74) is 1.98. The smallest absolute Gasteiger partial charge is 0.308 e. The second-order valence-electron chi connectivity index (χ2n) is 13.5. The van der Waals surface area contributed by atoms with E-state index < -0.39 is 40.9 Å². The summed E-state index contributed by atoms with van der Waals surface area (Å²) in [4.78, 5) is 30.2. The van der Waals surface area contributed by atoms with Crippen molar-refractivity contribution in [1.29, 1.82) is 0 Å². The standard InChI is InChI=1S/C46H26F6N2O2/c47-45(48,49)32-19-21-34(38(26-32)46(50,51)52)29-18-20-36-35-14-7-8-16-39(35)54(41(36)25-29)40-17-9-15-37-42(40)44(56)53(43(37)55)33-23-30(27-10-3-1-4-11-27)22-31(24-33)28-12-5-2-6-13-28/h1-26H. The Morgan fingerprint density at radius 2 is 1.05 bits per heavy atom. The van der Waals surface area contributed by atoms with Gasteiger partial charge < -0.3 is 4.57 Å². The predicted octanol–water partition coefficient (Wildman–Crippen LogP) is 12.6. The molecular formula is C46H26F6N2O2. The first-order chi connectivity index (χ1) is 26.9. The molecule has 2 heterocycles. The maximum Gasteiger partial charge on any atom is 0.417 e. The number of carbonyl (C=O) groups excluding carboxylic acids is 2. The van der Waals surface area contributed by atoms with Crippen LogP contribution in [0, 0.1) is 0 Å². The van der Waals surface area contributed by atoms with Crippen molar-refractivity contribution in [2.45, 2.75) is 12.4 Å². The highest BCUT2D eigenvalue weighted by Crippen LogP contribution is 2.44. The molecule has 4 nitrogen and oxygen atoms in total. The van der Waals surface area contributed by atoms with Crippen LogP contribution in [0.3, 0.4) is 0 Å². The second-order valence-corrected chi connectivity index (χ2v) is 13.5. The number of amides is 2. The Morgan fingerprint density at radius 1 is 0.429 bits per heavy atom. The first-order valence-corrected chi connectivity index (χ1v) is 17.5. The predicted molar refractivity (Wildman–Crippen MR) is 205 cm³/mol. The van der Waals surface area contributed by atoms with Crippen LogP contribution in [-0.2, 0) is 12.4 Å². The number of nitrogens with zero attached hydrogens (tertiary/aromatic N) is 2. The second kappa shape index (κ2) is 12.8. The molecule has 0 unspecified atom stereocenters. The highest BCUT2D eigenvalue weighted by molar-refractivity contribution is 6.36. The molecule has 0 N–H and O–H groups in total. The average molecular weight is 753 g/mol. The zero-order valence-corrected chi connectivity index (χ0v) is 29.0. The van der Waals surface area contributed by atoms with E-state index in [1.165, 1.54) is 12.1 Å². The van der Waals surface area contributed by atoms with Crippen molar-refractivity contribution >= 4 is 39.3 Å². The van der Waals surface area contributed by atoms with Gasteiger partial charge in [0.05, 0.1) is 44.7 Å². The van der Waals surface area contributed by atoms with Gasteiger partial charge in [-0.3, -0.25) is 9.59 Å². The summed E-state index contributed by atoms with van der Waals surface area (Å²) >= 11 is 0. The number of rotatable bonds is 5. The highest BCUT2D eigenvalue weighted by atomic mass is 19.4. The van der Waals surface area contributed by atoms with E-state index in [0.717, 1.165) is 33.2 Å². The van der Waals surface area contributed by atoms with Crippen molar-refractivity contribution in [1.82, 2.24) is 4.57 Å². The molecule has 0 atom stereocenters. The lowest BCUT2D eigenvalue weighted by Crippen LogP contribution is -2.29. The average Bonchev–Trinajstić information content (AvgIpc) is 3.67. The lowest BCUT2D eigenvalue weighted by Gasteiger charge is -2.18. The van der Waals surface area contributed by atoms with Gasteiger partial charge in [0.1, 0.15) is 0 Å². The molecule has 1 aliphatic rings. The van der Waals surface area contributed by atoms with E-state index in [1.54, 1.807) is 59.2 Å². The summed E-state index contributed by atoms with van der Waals surface area (Å²) in [7, 11) is 0. The Kier molecular flexibility index (Phi) is 7.98. The van der Waals surface area contributed by atoms with Crippen molar-refractivity contribution < 1.29 is 35.9 Å². The number of carbonyl (C=O) groups is 2. The molecule has 0 fully saturated rings. The first kappa shape index (κ1) is 34.8. The lowest BCUT2D eigenvalue weighted by atomic mass is 9.96. The summed E-state index contributed by atoms with van der Waals surface area (Å²) in [5, 5.41) is 1.34. The zero-order valence-electron chi connectivity index (χ0n) is 29.0. The van der Waals surface area contributed by atoms with Crippen LogP contribution in [0.4, 0.5) is 32.0 Å². The van der Waals surface area contributed by atoms with Gasteiger partial charge in [-0.25, -0.2) is 4.90 Å². The Hall–Kier alpha value is -6.94. The van der Waals surface area contributed by atoms with Crippen LogP contribution in [0.15, 0.2) is 158 Å². The van der Waals surface area contributed by atoms with E-state index >= 15 is 0 Å². The molecule has 0 saturated heterocycles. The minimum atomic E-state index is -5.09. The van der Waals surface area contributed by atoms with Crippen LogP contribution in [0.2, 0.25) is 0 Å². The number of para-hydroxylation sites is 1.